The Morgan fingerprint density at radius 1 is 0.440 bits per heavy atom. The van der Waals surface area contributed by atoms with Gasteiger partial charge in [-0.3, -0.25) is 9.97 Å². The molecule has 0 atom stereocenters. The van der Waals surface area contributed by atoms with Crippen LogP contribution < -0.4 is 9.47 Å². The molecular weight excluding hydrogens is 620 g/mol. The average Bonchev–Trinajstić information content (AvgIpc) is 3.17. The highest BCUT2D eigenvalue weighted by atomic mass is 16.5. The molecule has 242 valence electrons. The third kappa shape index (κ3) is 5.84. The molecule has 50 heavy (non-hydrogen) atoms. The Labute approximate surface area is 289 Å². The molecule has 0 fully saturated rings. The van der Waals surface area contributed by atoms with Crippen LogP contribution in [0.2, 0.25) is 0 Å². The summed E-state index contributed by atoms with van der Waals surface area (Å²) < 4.78 is 12.6. The molecule has 0 amide bonds. The molecule has 2 aromatic heterocycles. The minimum absolute atomic E-state index is 0.0221. The molecule has 0 bridgehead atoms. The van der Waals surface area contributed by atoms with Crippen LogP contribution in [0.25, 0.3) is 55.2 Å². The van der Waals surface area contributed by atoms with E-state index in [1.54, 1.807) is 12.4 Å². The molecule has 0 aliphatic heterocycles. The molecule has 0 radical (unpaired) electrons. The molecule has 0 aliphatic carbocycles. The third-order valence-corrected chi connectivity index (χ3v) is 8.82. The number of phenols is 2. The van der Waals surface area contributed by atoms with Crippen LogP contribution in [0.4, 0.5) is 0 Å². The van der Waals surface area contributed by atoms with Crippen molar-refractivity contribution in [3.05, 3.63) is 169 Å². The quantitative estimate of drug-likeness (QED) is 0.161. The van der Waals surface area contributed by atoms with Crippen LogP contribution in [0.1, 0.15) is 11.1 Å². The van der Waals surface area contributed by atoms with E-state index in [1.165, 1.54) is 0 Å². The molecule has 2 N–H and O–H groups in total. The zero-order valence-corrected chi connectivity index (χ0v) is 27.0. The number of aromatic hydroxyl groups is 2. The third-order valence-electron chi connectivity index (χ3n) is 8.82. The Hall–Kier alpha value is -6.66. The summed E-state index contributed by atoms with van der Waals surface area (Å²) in [6.45, 7) is 0.680. The smallest absolute Gasteiger partial charge is 0.146 e. The van der Waals surface area contributed by atoms with Gasteiger partial charge < -0.3 is 19.7 Å². The summed E-state index contributed by atoms with van der Waals surface area (Å²) in [6.07, 6.45) is 3.37. The lowest BCUT2D eigenvalue weighted by atomic mass is 9.87. The van der Waals surface area contributed by atoms with Gasteiger partial charge in [-0.2, -0.15) is 0 Å². The molecule has 0 unspecified atom stereocenters. The lowest BCUT2D eigenvalue weighted by Crippen LogP contribution is -1.99. The Balaban J connectivity index is 1.32. The molecule has 6 nitrogen and oxygen atoms in total. The van der Waals surface area contributed by atoms with Crippen molar-refractivity contribution in [3.63, 3.8) is 0 Å². The van der Waals surface area contributed by atoms with Crippen molar-refractivity contribution in [2.24, 2.45) is 0 Å². The Kier molecular flexibility index (Phi) is 8.25. The van der Waals surface area contributed by atoms with Crippen molar-refractivity contribution in [2.75, 3.05) is 0 Å². The standard InChI is InChI=1S/C44H32N2O4/c47-43-35(41-37(21-11-23-45-41)49-27-29-13-3-1-4-14-29)25-31-17-7-9-19-33(31)39(43)40-34-20-10-8-18-32(34)26-36(44(40)48)42-38(22-12-24-46-42)50-28-30-15-5-2-6-16-30/h1-26,47-48H,27-28H2. The van der Waals surface area contributed by atoms with E-state index in [2.05, 4.69) is 0 Å². The first kappa shape index (κ1) is 30.7. The molecule has 8 rings (SSSR count). The lowest BCUT2D eigenvalue weighted by molar-refractivity contribution is 0.306. The van der Waals surface area contributed by atoms with Crippen molar-refractivity contribution in [3.8, 4) is 56.6 Å². The SMILES string of the molecule is Oc1c(-c2ncccc2OCc2ccccc2)cc2ccccc2c1-c1c(O)c(-c2ncccc2OCc2ccccc2)cc2ccccc12. The largest absolute Gasteiger partial charge is 0.507 e. The van der Waals surface area contributed by atoms with Gasteiger partial charge in [0.1, 0.15) is 47.6 Å². The lowest BCUT2D eigenvalue weighted by Gasteiger charge is -2.20. The highest BCUT2D eigenvalue weighted by Crippen LogP contribution is 2.52. The summed E-state index contributed by atoms with van der Waals surface area (Å²) in [4.78, 5) is 9.39. The van der Waals surface area contributed by atoms with E-state index >= 15 is 0 Å². The minimum atomic E-state index is -0.0221. The van der Waals surface area contributed by atoms with Crippen molar-refractivity contribution in [1.82, 2.24) is 9.97 Å². The Morgan fingerprint density at radius 3 is 1.28 bits per heavy atom. The Bertz CT molecular complexity index is 2290. The zero-order chi connectivity index (χ0) is 33.9. The highest BCUT2D eigenvalue weighted by molar-refractivity contribution is 6.14. The van der Waals surface area contributed by atoms with Crippen molar-refractivity contribution in [2.45, 2.75) is 13.2 Å². The number of nitrogens with zero attached hydrogens (tertiary/aromatic N) is 2. The van der Waals surface area contributed by atoms with Crippen LogP contribution in [0.3, 0.4) is 0 Å². The fourth-order valence-corrected chi connectivity index (χ4v) is 6.43. The predicted octanol–water partition coefficient (Wildman–Crippen LogP) is 10.4. The summed E-state index contributed by atoms with van der Waals surface area (Å²) in [5.74, 6) is 1.02. The van der Waals surface area contributed by atoms with Gasteiger partial charge in [-0.05, 0) is 69.1 Å². The van der Waals surface area contributed by atoms with Gasteiger partial charge in [-0.25, -0.2) is 0 Å². The number of benzene rings is 6. The van der Waals surface area contributed by atoms with Gasteiger partial charge in [0.15, 0.2) is 0 Å². The van der Waals surface area contributed by atoms with Crippen LogP contribution in [0.15, 0.2) is 158 Å². The number of ether oxygens (including phenoxy) is 2. The van der Waals surface area contributed by atoms with Crippen LogP contribution in [0.5, 0.6) is 23.0 Å². The van der Waals surface area contributed by atoms with Gasteiger partial charge in [0, 0.05) is 34.6 Å². The molecule has 0 aliphatic rings. The maximum absolute atomic E-state index is 12.4. The maximum Gasteiger partial charge on any atom is 0.146 e. The van der Waals surface area contributed by atoms with E-state index in [1.807, 2.05) is 146 Å². The molecule has 2 heterocycles. The first-order valence-corrected chi connectivity index (χ1v) is 16.4. The number of aromatic nitrogens is 2. The summed E-state index contributed by atoms with van der Waals surface area (Å²) in [5, 5.41) is 28.0. The number of rotatable bonds is 9. The van der Waals surface area contributed by atoms with Crippen LogP contribution in [-0.2, 0) is 13.2 Å². The second-order valence-corrected chi connectivity index (χ2v) is 12.0. The summed E-state index contributed by atoms with van der Waals surface area (Å²) in [5.41, 5.74) is 4.96. The van der Waals surface area contributed by atoms with E-state index < -0.39 is 0 Å². The molecule has 0 saturated heterocycles. The fourth-order valence-electron chi connectivity index (χ4n) is 6.43. The average molecular weight is 653 g/mol. The molecule has 6 heteroatoms. The van der Waals surface area contributed by atoms with Crippen LogP contribution in [-0.4, -0.2) is 20.2 Å². The molecule has 8 aromatic rings. The van der Waals surface area contributed by atoms with E-state index in [9.17, 15) is 10.2 Å². The number of hydrogen-bond donors (Lipinski definition) is 2. The van der Waals surface area contributed by atoms with E-state index in [0.29, 0.717) is 58.4 Å². The molecule has 0 saturated carbocycles. The second kappa shape index (κ2) is 13.5. The number of phenolic OH excluding ortho intramolecular Hbond substituents is 2. The number of hydrogen-bond acceptors (Lipinski definition) is 6. The van der Waals surface area contributed by atoms with Gasteiger partial charge in [0.2, 0.25) is 0 Å². The fraction of sp³-hybridized carbons (Fsp3) is 0.0455. The molecular formula is C44H32N2O4. The summed E-state index contributed by atoms with van der Waals surface area (Å²) >= 11 is 0. The topological polar surface area (TPSA) is 84.7 Å². The zero-order valence-electron chi connectivity index (χ0n) is 27.0. The monoisotopic (exact) mass is 652 g/mol. The highest BCUT2D eigenvalue weighted by Gasteiger charge is 2.26. The Morgan fingerprint density at radius 2 is 0.840 bits per heavy atom. The van der Waals surface area contributed by atoms with Crippen molar-refractivity contribution in [1.29, 1.82) is 0 Å². The minimum Gasteiger partial charge on any atom is -0.507 e. The van der Waals surface area contributed by atoms with Gasteiger partial charge in [-0.15, -0.1) is 0 Å². The van der Waals surface area contributed by atoms with Gasteiger partial charge in [0.05, 0.1) is 0 Å². The van der Waals surface area contributed by atoms with Gasteiger partial charge in [0.25, 0.3) is 0 Å². The normalized spacial score (nSPS) is 11.1. The maximum atomic E-state index is 12.4. The van der Waals surface area contributed by atoms with Crippen LogP contribution in [0, 0.1) is 0 Å². The van der Waals surface area contributed by atoms with E-state index in [-0.39, 0.29) is 11.5 Å². The van der Waals surface area contributed by atoms with Gasteiger partial charge >= 0.3 is 0 Å². The predicted molar refractivity (Wildman–Crippen MR) is 198 cm³/mol. The first-order valence-electron chi connectivity index (χ1n) is 16.4. The van der Waals surface area contributed by atoms with E-state index in [0.717, 1.165) is 32.7 Å². The number of pyridine rings is 2. The van der Waals surface area contributed by atoms with Crippen molar-refractivity contribution < 1.29 is 19.7 Å². The van der Waals surface area contributed by atoms with E-state index in [4.69, 9.17) is 19.4 Å². The van der Waals surface area contributed by atoms with Crippen LogP contribution >= 0.6 is 0 Å². The first-order chi connectivity index (χ1) is 24.7. The molecule has 0 spiro atoms. The summed E-state index contributed by atoms with van der Waals surface area (Å²) in [7, 11) is 0. The van der Waals surface area contributed by atoms with Gasteiger partial charge in [-0.1, -0.05) is 109 Å². The summed E-state index contributed by atoms with van der Waals surface area (Å²) in [6, 6.07) is 46.7. The second-order valence-electron chi connectivity index (χ2n) is 12.0. The van der Waals surface area contributed by atoms with Crippen molar-refractivity contribution >= 4 is 21.5 Å². The number of fused-ring (bicyclic) bond motifs is 2. The molecule has 6 aromatic carbocycles.